The lowest BCUT2D eigenvalue weighted by Crippen LogP contribution is -2.54. The third kappa shape index (κ3) is 4.61. The van der Waals surface area contributed by atoms with Gasteiger partial charge in [-0.2, -0.15) is 0 Å². The smallest absolute Gasteiger partial charge is 0.246 e. The minimum absolute atomic E-state index is 0.0297. The zero-order valence-electron chi connectivity index (χ0n) is 13.7. The molecule has 2 aromatic rings. The van der Waals surface area contributed by atoms with E-state index in [2.05, 4.69) is 9.97 Å². The summed E-state index contributed by atoms with van der Waals surface area (Å²) >= 11 is 2.99. The Hall–Kier alpha value is -2.32. The fourth-order valence-corrected chi connectivity index (χ4v) is 3.65. The fraction of sp³-hybridized carbons (Fsp3) is 0.294. The number of hydrogen-bond acceptors (Lipinski definition) is 6. The average molecular weight is 374 g/mol. The Morgan fingerprint density at radius 3 is 2.16 bits per heavy atom. The molecule has 2 amide bonds. The molecule has 0 saturated carbocycles. The van der Waals surface area contributed by atoms with Gasteiger partial charge in [0.05, 0.1) is 22.4 Å². The van der Waals surface area contributed by atoms with Crippen molar-refractivity contribution in [2.24, 2.45) is 0 Å². The highest BCUT2D eigenvalue weighted by molar-refractivity contribution is 7.07. The summed E-state index contributed by atoms with van der Waals surface area (Å²) in [6.45, 7) is 3.53. The number of carbonyl (C=O) groups is 2. The van der Waals surface area contributed by atoms with E-state index in [1.54, 1.807) is 45.1 Å². The van der Waals surface area contributed by atoms with E-state index >= 15 is 0 Å². The maximum Gasteiger partial charge on any atom is 0.246 e. The van der Waals surface area contributed by atoms with Gasteiger partial charge in [-0.25, -0.2) is 9.97 Å². The third-order valence-electron chi connectivity index (χ3n) is 3.92. The van der Waals surface area contributed by atoms with Crippen molar-refractivity contribution in [1.29, 1.82) is 0 Å². The molecule has 6 nitrogen and oxygen atoms in total. The summed E-state index contributed by atoms with van der Waals surface area (Å²) in [5, 5.41) is 3.77. The van der Waals surface area contributed by atoms with Crippen molar-refractivity contribution in [1.82, 2.24) is 19.8 Å². The Labute approximate surface area is 154 Å². The summed E-state index contributed by atoms with van der Waals surface area (Å²) in [6.07, 6.45) is 6.53. The van der Waals surface area contributed by atoms with Crippen molar-refractivity contribution >= 4 is 46.6 Å². The van der Waals surface area contributed by atoms with Crippen molar-refractivity contribution in [3.05, 3.63) is 45.3 Å². The van der Waals surface area contributed by atoms with Crippen LogP contribution >= 0.6 is 22.7 Å². The SMILES string of the molecule is C[C@H]1CN(C(=O)/C=C/c2cscn2)CCN1C(=O)/C=C/c1cscn1. The molecule has 0 aliphatic carbocycles. The molecule has 1 atom stereocenters. The highest BCUT2D eigenvalue weighted by Crippen LogP contribution is 2.13. The van der Waals surface area contributed by atoms with Crippen molar-refractivity contribution in [3.63, 3.8) is 0 Å². The van der Waals surface area contributed by atoms with Gasteiger partial charge in [-0.3, -0.25) is 9.59 Å². The molecular formula is C17H18N4O2S2. The molecule has 2 aromatic heterocycles. The minimum Gasteiger partial charge on any atom is -0.335 e. The number of carbonyl (C=O) groups excluding carboxylic acids is 2. The summed E-state index contributed by atoms with van der Waals surface area (Å²) in [5.74, 6) is -0.101. The quantitative estimate of drug-likeness (QED) is 0.771. The van der Waals surface area contributed by atoms with Crippen molar-refractivity contribution in [2.45, 2.75) is 13.0 Å². The Morgan fingerprint density at radius 1 is 1.04 bits per heavy atom. The highest BCUT2D eigenvalue weighted by atomic mass is 32.1. The van der Waals surface area contributed by atoms with E-state index in [0.717, 1.165) is 11.4 Å². The van der Waals surface area contributed by atoms with E-state index in [0.29, 0.717) is 19.6 Å². The van der Waals surface area contributed by atoms with Crippen molar-refractivity contribution in [2.75, 3.05) is 19.6 Å². The average Bonchev–Trinajstić information content (AvgIpc) is 3.31. The van der Waals surface area contributed by atoms with Crippen LogP contribution < -0.4 is 0 Å². The summed E-state index contributed by atoms with van der Waals surface area (Å²) in [6, 6.07) is -0.0297. The largest absolute Gasteiger partial charge is 0.335 e. The Bertz CT molecular complexity index is 769. The van der Waals surface area contributed by atoms with E-state index < -0.39 is 0 Å². The maximum atomic E-state index is 12.4. The molecular weight excluding hydrogens is 356 g/mol. The lowest BCUT2D eigenvalue weighted by atomic mass is 10.1. The number of thiazole rings is 2. The predicted octanol–water partition coefficient (Wildman–Crippen LogP) is 2.39. The summed E-state index contributed by atoms with van der Waals surface area (Å²) in [4.78, 5) is 36.4. The molecule has 1 saturated heterocycles. The van der Waals surface area contributed by atoms with Gasteiger partial charge in [-0.15, -0.1) is 22.7 Å². The van der Waals surface area contributed by atoms with E-state index in [1.807, 2.05) is 17.7 Å². The van der Waals surface area contributed by atoms with Crippen LogP contribution in [0.5, 0.6) is 0 Å². The molecule has 130 valence electrons. The van der Waals surface area contributed by atoms with Crippen molar-refractivity contribution < 1.29 is 9.59 Å². The fourth-order valence-electron chi connectivity index (χ4n) is 2.61. The molecule has 1 fully saturated rings. The normalized spacial score (nSPS) is 18.4. The number of amides is 2. The Kier molecular flexibility index (Phi) is 5.72. The second kappa shape index (κ2) is 8.17. The molecule has 0 unspecified atom stereocenters. The number of nitrogens with zero attached hydrogens (tertiary/aromatic N) is 4. The first-order valence-corrected chi connectivity index (χ1v) is 9.74. The summed E-state index contributed by atoms with van der Waals surface area (Å²) in [5.41, 5.74) is 5.03. The van der Waals surface area contributed by atoms with Gasteiger partial charge in [0.15, 0.2) is 0 Å². The van der Waals surface area contributed by atoms with E-state index in [9.17, 15) is 9.59 Å². The van der Waals surface area contributed by atoms with Crippen LogP contribution in [0.2, 0.25) is 0 Å². The van der Waals surface area contributed by atoms with Gasteiger partial charge in [0.2, 0.25) is 11.8 Å². The van der Waals surface area contributed by atoms with Gasteiger partial charge in [-0.1, -0.05) is 0 Å². The van der Waals surface area contributed by atoms with Crippen LogP contribution in [0.4, 0.5) is 0 Å². The molecule has 0 radical (unpaired) electrons. The second-order valence-electron chi connectivity index (χ2n) is 5.66. The number of rotatable bonds is 4. The lowest BCUT2D eigenvalue weighted by Gasteiger charge is -2.39. The van der Waals surface area contributed by atoms with Crippen LogP contribution in [0.15, 0.2) is 33.9 Å². The molecule has 25 heavy (non-hydrogen) atoms. The molecule has 3 heterocycles. The Morgan fingerprint density at radius 2 is 1.64 bits per heavy atom. The van der Waals surface area contributed by atoms with E-state index in [-0.39, 0.29) is 17.9 Å². The summed E-state index contributed by atoms with van der Waals surface area (Å²) in [7, 11) is 0. The van der Waals surface area contributed by atoms with Crippen LogP contribution in [-0.4, -0.2) is 57.3 Å². The van der Waals surface area contributed by atoms with Gasteiger partial charge < -0.3 is 9.80 Å². The van der Waals surface area contributed by atoms with Gasteiger partial charge in [-0.05, 0) is 19.1 Å². The maximum absolute atomic E-state index is 12.4. The highest BCUT2D eigenvalue weighted by Gasteiger charge is 2.27. The van der Waals surface area contributed by atoms with Crippen molar-refractivity contribution in [3.8, 4) is 0 Å². The molecule has 8 heteroatoms. The predicted molar refractivity (Wildman–Crippen MR) is 100 cm³/mol. The second-order valence-corrected chi connectivity index (χ2v) is 7.10. The van der Waals surface area contributed by atoms with E-state index in [1.165, 1.54) is 22.7 Å². The molecule has 0 N–H and O–H groups in total. The first-order chi connectivity index (χ1) is 12.1. The van der Waals surface area contributed by atoms with Crippen LogP contribution in [0.3, 0.4) is 0 Å². The molecule has 1 aliphatic rings. The van der Waals surface area contributed by atoms with Gasteiger partial charge >= 0.3 is 0 Å². The van der Waals surface area contributed by atoms with Crippen LogP contribution in [-0.2, 0) is 9.59 Å². The third-order valence-corrected chi connectivity index (χ3v) is 5.13. The van der Waals surface area contributed by atoms with Gasteiger partial charge in [0.25, 0.3) is 0 Å². The lowest BCUT2D eigenvalue weighted by molar-refractivity contribution is -0.136. The van der Waals surface area contributed by atoms with Gasteiger partial charge in [0, 0.05) is 48.6 Å². The molecule has 0 aromatic carbocycles. The molecule has 0 spiro atoms. The van der Waals surface area contributed by atoms with Crippen LogP contribution in [0.25, 0.3) is 12.2 Å². The van der Waals surface area contributed by atoms with Crippen LogP contribution in [0.1, 0.15) is 18.3 Å². The molecule has 0 bridgehead atoms. The molecule has 1 aliphatic heterocycles. The van der Waals surface area contributed by atoms with Gasteiger partial charge in [0.1, 0.15) is 0 Å². The minimum atomic E-state index is -0.0510. The van der Waals surface area contributed by atoms with Crippen LogP contribution in [0, 0.1) is 0 Å². The standard InChI is InChI=1S/C17H18N4O2S2/c1-13-8-20(16(22)4-2-14-9-24-11-18-14)6-7-21(13)17(23)5-3-15-10-25-12-19-15/h2-5,9-13H,6-8H2,1H3/b4-2+,5-3+/t13-/m0/s1. The number of hydrogen-bond donors (Lipinski definition) is 0. The number of aromatic nitrogens is 2. The zero-order chi connectivity index (χ0) is 17.6. The first-order valence-electron chi connectivity index (χ1n) is 7.85. The monoisotopic (exact) mass is 374 g/mol. The molecule has 3 rings (SSSR count). The Balaban J connectivity index is 1.55. The van der Waals surface area contributed by atoms with E-state index in [4.69, 9.17) is 0 Å². The zero-order valence-corrected chi connectivity index (χ0v) is 15.4. The topological polar surface area (TPSA) is 66.4 Å². The summed E-state index contributed by atoms with van der Waals surface area (Å²) < 4.78 is 0. The first kappa shape index (κ1) is 17.5. The number of piperazine rings is 1.